The van der Waals surface area contributed by atoms with Crippen molar-refractivity contribution in [3.63, 3.8) is 0 Å². The third kappa shape index (κ3) is 1.27. The summed E-state index contributed by atoms with van der Waals surface area (Å²) in [6.07, 6.45) is 0. The Hall–Kier alpha value is -0.422. The molecule has 0 amide bonds. The second-order valence-corrected chi connectivity index (χ2v) is 1.79. The molecule has 0 aliphatic heterocycles. The van der Waals surface area contributed by atoms with Gasteiger partial charge in [-0.3, -0.25) is 0 Å². The van der Waals surface area contributed by atoms with Crippen molar-refractivity contribution in [3.8, 4) is 5.75 Å². The van der Waals surface area contributed by atoms with Crippen LogP contribution in [0, 0.1) is 0 Å². The second kappa shape index (κ2) is 2.78. The summed E-state index contributed by atoms with van der Waals surface area (Å²) in [5, 5.41) is 0. The Morgan fingerprint density at radius 3 is 2.12 bits per heavy atom. The van der Waals surface area contributed by atoms with Crippen LogP contribution in [0.4, 0.5) is 0 Å². The normalized spacial score (nSPS) is 8.62. The molecule has 0 saturated heterocycles. The second-order valence-electron chi connectivity index (χ2n) is 1.40. The Kier molecular flexibility index (Phi) is 1.99. The van der Waals surface area contributed by atoms with E-state index in [1.165, 1.54) is 0 Å². The number of rotatable bonds is 1. The predicted molar refractivity (Wildman–Crippen MR) is 32.8 cm³/mol. The van der Waals surface area contributed by atoms with Crippen LogP contribution in [0.15, 0.2) is 30.3 Å². The molecule has 40 valence electrons. The van der Waals surface area contributed by atoms with Crippen molar-refractivity contribution in [1.82, 2.24) is 0 Å². The zero-order chi connectivity index (χ0) is 5.82. The van der Waals surface area contributed by atoms with Crippen LogP contribution in [-0.2, 0) is 0 Å². The van der Waals surface area contributed by atoms with E-state index in [0.29, 0.717) is 0 Å². The average Bonchev–Trinajstić information content (AvgIpc) is 1.90. The molecule has 1 aromatic carbocycles. The summed E-state index contributed by atoms with van der Waals surface area (Å²) < 4.78 is 4.85. The third-order valence-corrected chi connectivity index (χ3v) is 1.29. The molecule has 1 rings (SSSR count). The molecule has 8 heavy (non-hydrogen) atoms. The van der Waals surface area contributed by atoms with Gasteiger partial charge in [-0.1, -0.05) is 0 Å². The monoisotopic (exact) mass is 168 g/mol. The van der Waals surface area contributed by atoms with Crippen molar-refractivity contribution in [1.29, 1.82) is 0 Å². The Balaban J connectivity index is 2.83. The van der Waals surface area contributed by atoms with Crippen molar-refractivity contribution < 1.29 is 3.73 Å². The molecule has 2 radical (unpaired) electrons. The van der Waals surface area contributed by atoms with Gasteiger partial charge in [0.25, 0.3) is 0 Å². The first-order valence-electron chi connectivity index (χ1n) is 2.30. The summed E-state index contributed by atoms with van der Waals surface area (Å²) in [6.45, 7) is 0. The number of hydrogen-bond acceptors (Lipinski definition) is 1. The molecule has 0 atom stereocenters. The fourth-order valence-corrected chi connectivity index (χ4v) is 0.737. The molecule has 2 heteroatoms. The van der Waals surface area contributed by atoms with Crippen LogP contribution in [0.2, 0.25) is 0 Å². The minimum absolute atomic E-state index is 0.882. The summed E-state index contributed by atoms with van der Waals surface area (Å²) in [4.78, 5) is 0. The van der Waals surface area contributed by atoms with Gasteiger partial charge in [-0.05, 0) is 0 Å². The maximum absolute atomic E-state index is 4.85. The molecule has 1 aromatic rings. The quantitative estimate of drug-likeness (QED) is 0.571. The van der Waals surface area contributed by atoms with Crippen LogP contribution in [0.25, 0.3) is 0 Å². The first-order chi connectivity index (χ1) is 3.93. The van der Waals surface area contributed by atoms with Gasteiger partial charge in [-0.15, -0.1) is 0 Å². The van der Waals surface area contributed by atoms with Crippen LogP contribution in [0.3, 0.4) is 0 Å². The average molecular weight is 168 g/mol. The third-order valence-electron chi connectivity index (χ3n) is 0.849. The van der Waals surface area contributed by atoms with Gasteiger partial charge in [0.15, 0.2) is 0 Å². The van der Waals surface area contributed by atoms with E-state index in [-0.39, 0.29) is 0 Å². The van der Waals surface area contributed by atoms with E-state index in [0.717, 1.165) is 5.75 Å². The number of benzene rings is 1. The number of para-hydroxylation sites is 1. The molecule has 0 fully saturated rings. The summed E-state index contributed by atoms with van der Waals surface area (Å²) in [5.41, 5.74) is 0. The van der Waals surface area contributed by atoms with Gasteiger partial charge >= 0.3 is 57.0 Å². The van der Waals surface area contributed by atoms with Crippen LogP contribution in [-0.4, -0.2) is 17.2 Å². The molecule has 0 unspecified atom stereocenters. The number of hydrogen-bond donors (Lipinski definition) is 0. The first-order valence-corrected chi connectivity index (χ1v) is 3.06. The molecule has 0 aromatic heterocycles. The molecule has 0 bridgehead atoms. The van der Waals surface area contributed by atoms with Crippen LogP contribution >= 0.6 is 0 Å². The van der Waals surface area contributed by atoms with E-state index in [2.05, 4.69) is 17.2 Å². The van der Waals surface area contributed by atoms with E-state index in [4.69, 9.17) is 3.73 Å². The van der Waals surface area contributed by atoms with E-state index < -0.39 is 0 Å². The summed E-state index contributed by atoms with van der Waals surface area (Å²) in [7, 11) is 0. The SMILES string of the molecule is [As]Oc1ccccc1. The fraction of sp³-hybridized carbons (Fsp3) is 0. The van der Waals surface area contributed by atoms with Gasteiger partial charge in [-0.2, -0.15) is 0 Å². The zero-order valence-corrected chi connectivity index (χ0v) is 6.12. The van der Waals surface area contributed by atoms with Gasteiger partial charge in [0.05, 0.1) is 0 Å². The Morgan fingerprint density at radius 1 is 1.12 bits per heavy atom. The van der Waals surface area contributed by atoms with Gasteiger partial charge in [0.2, 0.25) is 0 Å². The maximum atomic E-state index is 4.85. The molecule has 0 saturated carbocycles. The van der Waals surface area contributed by atoms with Gasteiger partial charge in [0, 0.05) is 0 Å². The molecule has 0 spiro atoms. The van der Waals surface area contributed by atoms with Crippen molar-refractivity contribution in [2.45, 2.75) is 0 Å². The van der Waals surface area contributed by atoms with Crippen molar-refractivity contribution in [2.75, 3.05) is 0 Å². The first kappa shape index (κ1) is 5.71. The Morgan fingerprint density at radius 2 is 1.75 bits per heavy atom. The van der Waals surface area contributed by atoms with E-state index in [1.54, 1.807) is 0 Å². The van der Waals surface area contributed by atoms with Gasteiger partial charge < -0.3 is 0 Å². The fourth-order valence-electron chi connectivity index (χ4n) is 0.481. The minimum atomic E-state index is 0.882. The zero-order valence-electron chi connectivity index (χ0n) is 4.24. The van der Waals surface area contributed by atoms with E-state index in [1.807, 2.05) is 30.3 Å². The molecule has 0 heterocycles. The molecule has 0 aliphatic rings. The van der Waals surface area contributed by atoms with Gasteiger partial charge in [0.1, 0.15) is 0 Å². The Bertz CT molecular complexity index is 150. The topological polar surface area (TPSA) is 9.23 Å². The molecule has 1 nitrogen and oxygen atoms in total. The van der Waals surface area contributed by atoms with E-state index >= 15 is 0 Å². The molecule has 0 aliphatic carbocycles. The summed E-state index contributed by atoms with van der Waals surface area (Å²) in [6, 6.07) is 9.62. The van der Waals surface area contributed by atoms with Gasteiger partial charge in [-0.25, -0.2) is 0 Å². The van der Waals surface area contributed by atoms with Crippen LogP contribution in [0.1, 0.15) is 0 Å². The summed E-state index contributed by atoms with van der Waals surface area (Å²) in [5.74, 6) is 0.882. The standard InChI is InChI=1S/C6H5AsO/c7-8-6-4-2-1-3-5-6/h1-5H. The van der Waals surface area contributed by atoms with E-state index in [9.17, 15) is 0 Å². The van der Waals surface area contributed by atoms with Crippen molar-refractivity contribution in [3.05, 3.63) is 30.3 Å². The Labute approximate surface area is 57.5 Å². The van der Waals surface area contributed by atoms with Crippen LogP contribution < -0.4 is 3.73 Å². The molecular weight excluding hydrogens is 163 g/mol. The predicted octanol–water partition coefficient (Wildman–Crippen LogP) is 1.15. The molecular formula is C6H5AsO. The summed E-state index contributed by atoms with van der Waals surface area (Å²) >= 11 is 2.06. The molecule has 0 N–H and O–H groups in total. The van der Waals surface area contributed by atoms with Crippen molar-refractivity contribution >= 4 is 17.2 Å². The van der Waals surface area contributed by atoms with Crippen molar-refractivity contribution in [2.24, 2.45) is 0 Å². The van der Waals surface area contributed by atoms with Crippen LogP contribution in [0.5, 0.6) is 5.75 Å².